The maximum Gasteiger partial charge on any atom is 0.309 e. The maximum absolute atomic E-state index is 12.6. The lowest BCUT2D eigenvalue weighted by Gasteiger charge is -2.06. The van der Waals surface area contributed by atoms with Crippen molar-refractivity contribution in [3.8, 4) is 17.1 Å². The van der Waals surface area contributed by atoms with Crippen LogP contribution in [0.4, 0.5) is 0 Å². The van der Waals surface area contributed by atoms with E-state index in [0.717, 1.165) is 22.6 Å². The van der Waals surface area contributed by atoms with Gasteiger partial charge in [0.05, 0.1) is 11.4 Å². The predicted molar refractivity (Wildman–Crippen MR) is 125 cm³/mol. The molecule has 0 radical (unpaired) electrons. The van der Waals surface area contributed by atoms with Gasteiger partial charge in [0.25, 0.3) is 0 Å². The number of hydrazine groups is 1. The third kappa shape index (κ3) is 5.60. The molecule has 2 aromatic carbocycles. The van der Waals surface area contributed by atoms with Crippen LogP contribution in [0.1, 0.15) is 22.0 Å². The van der Waals surface area contributed by atoms with Gasteiger partial charge in [0.1, 0.15) is 0 Å². The minimum absolute atomic E-state index is 0.0460. The van der Waals surface area contributed by atoms with Crippen molar-refractivity contribution in [3.05, 3.63) is 83.9 Å². The van der Waals surface area contributed by atoms with Crippen LogP contribution in [0.25, 0.3) is 17.1 Å². The van der Waals surface area contributed by atoms with Crippen LogP contribution in [0.5, 0.6) is 0 Å². The smallest absolute Gasteiger partial charge is 0.272 e. The zero-order valence-electron chi connectivity index (χ0n) is 18.0. The summed E-state index contributed by atoms with van der Waals surface area (Å²) in [5, 5.41) is 4.87. The van der Waals surface area contributed by atoms with Gasteiger partial charge in [-0.15, -0.1) is 5.10 Å². The van der Waals surface area contributed by atoms with E-state index in [4.69, 9.17) is 0 Å². The van der Waals surface area contributed by atoms with E-state index in [1.54, 1.807) is 4.68 Å². The number of aryl methyl sites for hydroxylation is 2. The first-order chi connectivity index (χ1) is 16.0. The number of amides is 2. The number of hydrogen-bond donors (Lipinski definition) is 2. The lowest BCUT2D eigenvalue weighted by atomic mass is 10.2. The molecule has 0 unspecified atom stereocenters. The molecule has 2 N–H and O–H groups in total. The summed E-state index contributed by atoms with van der Waals surface area (Å²) < 4.78 is 1.60. The number of para-hydroxylation sites is 1. The molecule has 0 fully saturated rings. The summed E-state index contributed by atoms with van der Waals surface area (Å²) in [4.78, 5) is 37.8. The molecule has 0 saturated carbocycles. The minimum Gasteiger partial charge on any atom is -0.272 e. The normalized spacial score (nSPS) is 10.6. The van der Waals surface area contributed by atoms with Crippen LogP contribution >= 0.6 is 11.8 Å². The van der Waals surface area contributed by atoms with Crippen molar-refractivity contribution >= 4 is 23.6 Å². The van der Waals surface area contributed by atoms with E-state index >= 15 is 0 Å². The topological polar surface area (TPSA) is 115 Å². The summed E-state index contributed by atoms with van der Waals surface area (Å²) in [7, 11) is 0. The first kappa shape index (κ1) is 22.2. The van der Waals surface area contributed by atoms with Gasteiger partial charge in [0.15, 0.2) is 11.0 Å². The standard InChI is InChI=1S/C23H21N7O2S/c1-15-13-16(2)25-23(24-15)33-14-19(31)27-28-22(32)20-26-21(17-9-5-3-6-10-17)30(29-20)18-11-7-4-8-12-18/h3-13H,14H2,1-2H3,(H,27,31)(H,28,32). The highest BCUT2D eigenvalue weighted by atomic mass is 32.2. The van der Waals surface area contributed by atoms with Crippen molar-refractivity contribution < 1.29 is 9.59 Å². The van der Waals surface area contributed by atoms with Gasteiger partial charge in [-0.25, -0.2) is 19.6 Å². The van der Waals surface area contributed by atoms with Crippen LogP contribution in [0.2, 0.25) is 0 Å². The largest absolute Gasteiger partial charge is 0.309 e. The molecule has 0 atom stereocenters. The van der Waals surface area contributed by atoms with Crippen LogP contribution in [0.3, 0.4) is 0 Å². The van der Waals surface area contributed by atoms with E-state index in [1.807, 2.05) is 80.6 Å². The van der Waals surface area contributed by atoms with Gasteiger partial charge in [0, 0.05) is 17.0 Å². The Kier molecular flexibility index (Phi) is 6.75. The number of benzene rings is 2. The second kappa shape index (κ2) is 10.0. The second-order valence-electron chi connectivity index (χ2n) is 7.10. The van der Waals surface area contributed by atoms with E-state index in [2.05, 4.69) is 30.9 Å². The van der Waals surface area contributed by atoms with E-state index in [-0.39, 0.29) is 11.6 Å². The van der Waals surface area contributed by atoms with Crippen LogP contribution in [0.15, 0.2) is 71.9 Å². The molecule has 9 nitrogen and oxygen atoms in total. The molecule has 0 aliphatic rings. The Labute approximate surface area is 194 Å². The highest BCUT2D eigenvalue weighted by Gasteiger charge is 2.19. The Hall–Kier alpha value is -4.05. The lowest BCUT2D eigenvalue weighted by Crippen LogP contribution is -2.43. The summed E-state index contributed by atoms with van der Waals surface area (Å²) in [6, 6.07) is 20.7. The number of aromatic nitrogens is 5. The number of nitrogens with one attached hydrogen (secondary N) is 2. The third-order valence-corrected chi connectivity index (χ3v) is 5.30. The van der Waals surface area contributed by atoms with Gasteiger partial charge in [-0.05, 0) is 32.0 Å². The summed E-state index contributed by atoms with van der Waals surface area (Å²) >= 11 is 1.18. The average molecular weight is 460 g/mol. The Morgan fingerprint density at radius 2 is 1.52 bits per heavy atom. The highest BCUT2D eigenvalue weighted by Crippen LogP contribution is 2.21. The average Bonchev–Trinajstić information content (AvgIpc) is 3.27. The molecule has 0 bridgehead atoms. The van der Waals surface area contributed by atoms with Gasteiger partial charge in [-0.2, -0.15) is 0 Å². The maximum atomic E-state index is 12.6. The van der Waals surface area contributed by atoms with E-state index in [1.165, 1.54) is 11.8 Å². The van der Waals surface area contributed by atoms with Crippen LogP contribution in [-0.4, -0.2) is 42.3 Å². The third-order valence-electron chi connectivity index (χ3n) is 4.45. The Balaban J connectivity index is 1.45. The van der Waals surface area contributed by atoms with Crippen molar-refractivity contribution in [3.63, 3.8) is 0 Å². The number of rotatable bonds is 6. The number of thioether (sulfide) groups is 1. The lowest BCUT2D eigenvalue weighted by molar-refractivity contribution is -0.119. The molecule has 0 aliphatic carbocycles. The van der Waals surface area contributed by atoms with Crippen molar-refractivity contribution in [2.75, 3.05) is 5.75 Å². The van der Waals surface area contributed by atoms with Crippen LogP contribution < -0.4 is 10.9 Å². The van der Waals surface area contributed by atoms with Gasteiger partial charge >= 0.3 is 5.91 Å². The minimum atomic E-state index is -0.622. The summed E-state index contributed by atoms with van der Waals surface area (Å²) in [5.41, 5.74) is 7.98. The number of carbonyl (C=O) groups excluding carboxylic acids is 2. The Morgan fingerprint density at radius 1 is 0.879 bits per heavy atom. The van der Waals surface area contributed by atoms with Crippen LogP contribution in [-0.2, 0) is 4.79 Å². The zero-order valence-corrected chi connectivity index (χ0v) is 18.8. The second-order valence-corrected chi connectivity index (χ2v) is 8.04. The molecule has 33 heavy (non-hydrogen) atoms. The molecule has 2 amide bonds. The van der Waals surface area contributed by atoms with Crippen molar-refractivity contribution in [1.82, 2.24) is 35.6 Å². The fraction of sp³-hybridized carbons (Fsp3) is 0.130. The van der Waals surface area contributed by atoms with Crippen LogP contribution in [0, 0.1) is 13.8 Å². The van der Waals surface area contributed by atoms with E-state index in [0.29, 0.717) is 11.0 Å². The zero-order chi connectivity index (χ0) is 23.2. The quantitative estimate of drug-likeness (QED) is 0.259. The number of nitrogens with zero attached hydrogens (tertiary/aromatic N) is 5. The molecule has 10 heteroatoms. The monoisotopic (exact) mass is 459 g/mol. The first-order valence-corrected chi connectivity index (χ1v) is 11.1. The van der Waals surface area contributed by atoms with Crippen molar-refractivity contribution in [2.45, 2.75) is 19.0 Å². The molecule has 4 aromatic rings. The van der Waals surface area contributed by atoms with E-state index < -0.39 is 11.8 Å². The summed E-state index contributed by atoms with van der Waals surface area (Å²) in [5.74, 6) is -0.529. The summed E-state index contributed by atoms with van der Waals surface area (Å²) in [6.45, 7) is 3.73. The number of hydrogen-bond acceptors (Lipinski definition) is 7. The first-order valence-electron chi connectivity index (χ1n) is 10.1. The molecule has 4 rings (SSSR count). The van der Waals surface area contributed by atoms with Gasteiger partial charge < -0.3 is 0 Å². The van der Waals surface area contributed by atoms with Gasteiger partial charge in [0.2, 0.25) is 11.7 Å². The molecule has 0 aliphatic heterocycles. The van der Waals surface area contributed by atoms with E-state index in [9.17, 15) is 9.59 Å². The highest BCUT2D eigenvalue weighted by molar-refractivity contribution is 7.99. The molecule has 166 valence electrons. The van der Waals surface area contributed by atoms with Gasteiger partial charge in [-0.1, -0.05) is 60.3 Å². The molecule has 2 aromatic heterocycles. The summed E-state index contributed by atoms with van der Waals surface area (Å²) in [6.07, 6.45) is 0. The SMILES string of the molecule is Cc1cc(C)nc(SCC(=O)NNC(=O)c2nc(-c3ccccc3)n(-c3ccccc3)n2)n1. The Morgan fingerprint density at radius 3 is 2.18 bits per heavy atom. The molecular weight excluding hydrogens is 438 g/mol. The Bertz CT molecular complexity index is 1200. The number of carbonyl (C=O) groups is 2. The fourth-order valence-corrected chi connectivity index (χ4v) is 3.79. The molecular formula is C23H21N7O2S. The predicted octanol–water partition coefficient (Wildman–Crippen LogP) is 2.89. The van der Waals surface area contributed by atoms with Gasteiger partial charge in [-0.3, -0.25) is 20.4 Å². The fourth-order valence-electron chi connectivity index (χ4n) is 3.04. The molecule has 0 saturated heterocycles. The van der Waals surface area contributed by atoms with Crippen molar-refractivity contribution in [2.24, 2.45) is 0 Å². The molecule has 0 spiro atoms. The molecule has 2 heterocycles. The van der Waals surface area contributed by atoms with Crippen molar-refractivity contribution in [1.29, 1.82) is 0 Å².